The highest BCUT2D eigenvalue weighted by atomic mass is 32.1. The Hall–Kier alpha value is -1.76. The number of thiophene rings is 1. The van der Waals surface area contributed by atoms with Gasteiger partial charge in [-0.3, -0.25) is 4.79 Å². The van der Waals surface area contributed by atoms with Gasteiger partial charge in [0, 0.05) is 25.9 Å². The van der Waals surface area contributed by atoms with E-state index in [0.29, 0.717) is 18.0 Å². The van der Waals surface area contributed by atoms with Gasteiger partial charge in [0.05, 0.1) is 17.0 Å². The van der Waals surface area contributed by atoms with Crippen LogP contribution in [0.3, 0.4) is 0 Å². The topological polar surface area (TPSA) is 54.5 Å². The number of ether oxygens (including phenoxy) is 1. The van der Waals surface area contributed by atoms with Crippen LogP contribution >= 0.6 is 11.3 Å². The summed E-state index contributed by atoms with van der Waals surface area (Å²) in [6, 6.07) is 7.32. The molecule has 0 fully saturated rings. The highest BCUT2D eigenvalue weighted by Crippen LogP contribution is 2.19. The highest BCUT2D eigenvalue weighted by Gasteiger charge is 2.14. The molecule has 124 valence electrons. The van der Waals surface area contributed by atoms with Gasteiger partial charge in [-0.2, -0.15) is 0 Å². The Morgan fingerprint density at radius 3 is 2.91 bits per heavy atom. The maximum atomic E-state index is 12.5. The van der Waals surface area contributed by atoms with E-state index in [0.717, 1.165) is 31.0 Å². The number of nitrogens with zero attached hydrogens (tertiary/aromatic N) is 2. The lowest BCUT2D eigenvalue weighted by atomic mass is 10.1. The molecular weight excluding hydrogens is 310 g/mol. The minimum absolute atomic E-state index is 0.0119. The average molecular weight is 333 g/mol. The molecule has 1 N–H and O–H groups in total. The van der Waals surface area contributed by atoms with Gasteiger partial charge in [-0.1, -0.05) is 6.07 Å². The largest absolute Gasteiger partial charge is 0.380 e. The monoisotopic (exact) mass is 333 g/mol. The molecular formula is C17H23N3O2S. The average Bonchev–Trinajstić information content (AvgIpc) is 3.08. The van der Waals surface area contributed by atoms with Crippen LogP contribution in [-0.2, 0) is 4.74 Å². The summed E-state index contributed by atoms with van der Waals surface area (Å²) in [6.45, 7) is 3.08. The number of anilines is 1. The highest BCUT2D eigenvalue weighted by molar-refractivity contribution is 7.12. The summed E-state index contributed by atoms with van der Waals surface area (Å²) in [7, 11) is 4.05. The van der Waals surface area contributed by atoms with Crippen molar-refractivity contribution in [2.45, 2.75) is 6.42 Å². The molecule has 6 heteroatoms. The zero-order valence-corrected chi connectivity index (χ0v) is 14.4. The molecule has 0 saturated heterocycles. The normalized spacial score (nSPS) is 10.9. The SMILES string of the molecule is CN(C)CCOCCCNc1ncccc1C(=O)c1cccs1. The molecule has 2 heterocycles. The molecule has 2 aromatic heterocycles. The van der Waals surface area contributed by atoms with E-state index in [9.17, 15) is 4.79 Å². The molecule has 0 saturated carbocycles. The van der Waals surface area contributed by atoms with Gasteiger partial charge < -0.3 is 15.0 Å². The Morgan fingerprint density at radius 2 is 2.17 bits per heavy atom. The first kappa shape index (κ1) is 17.6. The van der Waals surface area contributed by atoms with Crippen LogP contribution in [0.2, 0.25) is 0 Å². The number of pyridine rings is 1. The van der Waals surface area contributed by atoms with Gasteiger partial charge in [-0.05, 0) is 44.1 Å². The van der Waals surface area contributed by atoms with Crippen molar-refractivity contribution in [3.05, 3.63) is 46.3 Å². The van der Waals surface area contributed by atoms with Crippen molar-refractivity contribution in [2.24, 2.45) is 0 Å². The predicted molar refractivity (Wildman–Crippen MR) is 94.5 cm³/mol. The molecule has 0 aliphatic carbocycles. The molecule has 2 rings (SSSR count). The van der Waals surface area contributed by atoms with E-state index in [4.69, 9.17) is 4.74 Å². The number of rotatable bonds is 10. The number of aromatic nitrogens is 1. The first-order valence-corrected chi connectivity index (χ1v) is 8.56. The Bertz CT molecular complexity index is 600. The molecule has 0 amide bonds. The van der Waals surface area contributed by atoms with E-state index >= 15 is 0 Å². The lowest BCUT2D eigenvalue weighted by Gasteiger charge is -2.11. The van der Waals surface area contributed by atoms with Crippen LogP contribution in [-0.4, -0.2) is 56.1 Å². The third-order valence-corrected chi connectivity index (χ3v) is 4.11. The van der Waals surface area contributed by atoms with Crippen molar-refractivity contribution < 1.29 is 9.53 Å². The molecule has 0 bridgehead atoms. The van der Waals surface area contributed by atoms with E-state index in [1.807, 2.05) is 37.7 Å². The second-order valence-corrected chi connectivity index (χ2v) is 6.35. The Kier molecular flexibility index (Phi) is 7.19. The smallest absolute Gasteiger partial charge is 0.206 e. The van der Waals surface area contributed by atoms with Gasteiger partial charge >= 0.3 is 0 Å². The minimum Gasteiger partial charge on any atom is -0.380 e. The summed E-state index contributed by atoms with van der Waals surface area (Å²) in [4.78, 5) is 19.6. The second kappa shape index (κ2) is 9.39. The van der Waals surface area contributed by atoms with Crippen LogP contribution in [0.5, 0.6) is 0 Å². The van der Waals surface area contributed by atoms with Gasteiger partial charge in [-0.25, -0.2) is 4.98 Å². The predicted octanol–water partition coefficient (Wildman–Crippen LogP) is 2.75. The van der Waals surface area contributed by atoms with Crippen LogP contribution in [0.15, 0.2) is 35.8 Å². The third-order valence-electron chi connectivity index (χ3n) is 3.24. The van der Waals surface area contributed by atoms with Crippen molar-refractivity contribution in [3.63, 3.8) is 0 Å². The molecule has 23 heavy (non-hydrogen) atoms. The molecule has 0 aliphatic heterocycles. The van der Waals surface area contributed by atoms with E-state index in [1.165, 1.54) is 11.3 Å². The number of carbonyl (C=O) groups excluding carboxylic acids is 1. The van der Waals surface area contributed by atoms with Gasteiger partial charge in [0.15, 0.2) is 0 Å². The Labute approximate surface area is 141 Å². The van der Waals surface area contributed by atoms with Crippen molar-refractivity contribution >= 4 is 22.9 Å². The van der Waals surface area contributed by atoms with Crippen LogP contribution < -0.4 is 5.32 Å². The number of carbonyl (C=O) groups is 1. The number of hydrogen-bond acceptors (Lipinski definition) is 6. The Morgan fingerprint density at radius 1 is 1.30 bits per heavy atom. The van der Waals surface area contributed by atoms with E-state index in [2.05, 4.69) is 15.2 Å². The van der Waals surface area contributed by atoms with E-state index in [-0.39, 0.29) is 5.78 Å². The fraction of sp³-hybridized carbons (Fsp3) is 0.412. The van der Waals surface area contributed by atoms with Gasteiger partial charge in [-0.15, -0.1) is 11.3 Å². The van der Waals surface area contributed by atoms with Gasteiger partial charge in [0.2, 0.25) is 5.78 Å². The molecule has 0 aliphatic rings. The minimum atomic E-state index is 0.0119. The summed E-state index contributed by atoms with van der Waals surface area (Å²) >= 11 is 1.45. The second-order valence-electron chi connectivity index (χ2n) is 5.40. The van der Waals surface area contributed by atoms with E-state index < -0.39 is 0 Å². The number of hydrogen-bond donors (Lipinski definition) is 1. The first-order chi connectivity index (χ1) is 11.2. The molecule has 0 unspecified atom stereocenters. The zero-order valence-electron chi connectivity index (χ0n) is 13.6. The molecule has 0 atom stereocenters. The summed E-state index contributed by atoms with van der Waals surface area (Å²) < 4.78 is 5.55. The molecule has 2 aromatic rings. The fourth-order valence-electron chi connectivity index (χ4n) is 2.00. The van der Waals surface area contributed by atoms with Gasteiger partial charge in [0.25, 0.3) is 0 Å². The summed E-state index contributed by atoms with van der Waals surface area (Å²) in [5.41, 5.74) is 0.614. The van der Waals surface area contributed by atoms with Crippen molar-refractivity contribution in [1.82, 2.24) is 9.88 Å². The lowest BCUT2D eigenvalue weighted by Crippen LogP contribution is -2.19. The quantitative estimate of drug-likeness (QED) is 0.535. The van der Waals surface area contributed by atoms with Crippen LogP contribution in [0, 0.1) is 0 Å². The molecule has 5 nitrogen and oxygen atoms in total. The van der Waals surface area contributed by atoms with Crippen LogP contribution in [0.1, 0.15) is 21.7 Å². The number of likely N-dealkylation sites (N-methyl/N-ethyl adjacent to an activating group) is 1. The number of ketones is 1. The zero-order chi connectivity index (χ0) is 16.5. The summed E-state index contributed by atoms with van der Waals surface area (Å²) in [5.74, 6) is 0.650. The number of nitrogens with one attached hydrogen (secondary N) is 1. The van der Waals surface area contributed by atoms with E-state index in [1.54, 1.807) is 12.3 Å². The molecule has 0 spiro atoms. The maximum absolute atomic E-state index is 12.5. The van der Waals surface area contributed by atoms with Crippen molar-refractivity contribution in [2.75, 3.05) is 45.7 Å². The maximum Gasteiger partial charge on any atom is 0.206 e. The van der Waals surface area contributed by atoms with Crippen molar-refractivity contribution in [1.29, 1.82) is 0 Å². The standard InChI is InChI=1S/C17H23N3O2S/c1-20(2)10-12-22-11-5-9-19-17-14(6-3-8-18-17)16(21)15-7-4-13-23-15/h3-4,6-8,13H,5,9-12H2,1-2H3,(H,18,19). The summed E-state index contributed by atoms with van der Waals surface area (Å²) in [6.07, 6.45) is 2.57. The molecule has 0 radical (unpaired) electrons. The Balaban J connectivity index is 1.81. The molecule has 0 aromatic carbocycles. The van der Waals surface area contributed by atoms with Gasteiger partial charge in [0.1, 0.15) is 5.82 Å². The van der Waals surface area contributed by atoms with Crippen LogP contribution in [0.25, 0.3) is 0 Å². The first-order valence-electron chi connectivity index (χ1n) is 7.68. The van der Waals surface area contributed by atoms with Crippen molar-refractivity contribution in [3.8, 4) is 0 Å². The lowest BCUT2D eigenvalue weighted by molar-refractivity contribution is 0.104. The summed E-state index contributed by atoms with van der Waals surface area (Å²) in [5, 5.41) is 5.14. The third kappa shape index (κ3) is 5.74. The fourth-order valence-corrected chi connectivity index (χ4v) is 2.68. The van der Waals surface area contributed by atoms with Crippen LogP contribution in [0.4, 0.5) is 5.82 Å².